The molecular weight excluding hydrogens is 354 g/mol. The van der Waals surface area contributed by atoms with Crippen molar-refractivity contribution in [1.82, 2.24) is 4.98 Å². The third-order valence-corrected chi connectivity index (χ3v) is 4.84. The molecule has 2 aromatic heterocycles. The van der Waals surface area contributed by atoms with E-state index >= 15 is 0 Å². The van der Waals surface area contributed by atoms with E-state index in [-0.39, 0.29) is 6.10 Å². The van der Waals surface area contributed by atoms with Crippen molar-refractivity contribution in [1.29, 1.82) is 0 Å². The van der Waals surface area contributed by atoms with Gasteiger partial charge in [0.15, 0.2) is 11.5 Å². The molecule has 0 aliphatic rings. The zero-order valence-electron chi connectivity index (χ0n) is 14.2. The number of methoxy groups -OCH3 is 1. The lowest BCUT2D eigenvalue weighted by Crippen LogP contribution is -2.07. The molecular formula is C18H19N3O2S2. The highest BCUT2D eigenvalue weighted by Gasteiger charge is 2.07. The molecule has 3 rings (SSSR count). The molecule has 0 spiro atoms. The van der Waals surface area contributed by atoms with E-state index in [4.69, 9.17) is 9.47 Å². The normalized spacial score (nSPS) is 11.2. The van der Waals surface area contributed by atoms with Crippen molar-refractivity contribution in [3.05, 3.63) is 46.7 Å². The van der Waals surface area contributed by atoms with Gasteiger partial charge in [0.25, 0.3) is 0 Å². The fourth-order valence-electron chi connectivity index (χ4n) is 2.14. The zero-order chi connectivity index (χ0) is 17.6. The number of hydrogen-bond donors (Lipinski definition) is 1. The lowest BCUT2D eigenvalue weighted by molar-refractivity contribution is 0.230. The molecule has 1 aromatic carbocycles. The van der Waals surface area contributed by atoms with Crippen LogP contribution in [-0.2, 0) is 0 Å². The second-order valence-corrected chi connectivity index (χ2v) is 7.27. The summed E-state index contributed by atoms with van der Waals surface area (Å²) >= 11 is 3.20. The topological polar surface area (TPSA) is 55.7 Å². The third-order valence-electron chi connectivity index (χ3n) is 3.20. The molecule has 0 fully saturated rings. The van der Waals surface area contributed by atoms with Crippen LogP contribution in [0.3, 0.4) is 0 Å². The van der Waals surface area contributed by atoms with Crippen LogP contribution in [-0.4, -0.2) is 24.4 Å². The number of aromatic nitrogens is 1. The summed E-state index contributed by atoms with van der Waals surface area (Å²) in [4.78, 5) is 5.68. The lowest BCUT2D eigenvalue weighted by atomic mass is 10.2. The zero-order valence-corrected chi connectivity index (χ0v) is 15.9. The Labute approximate surface area is 155 Å². The number of thiazole rings is 1. The first-order valence-corrected chi connectivity index (χ1v) is 9.55. The first kappa shape index (κ1) is 17.4. The van der Waals surface area contributed by atoms with Crippen LogP contribution in [0.1, 0.15) is 19.4 Å². The van der Waals surface area contributed by atoms with Crippen molar-refractivity contribution < 1.29 is 9.47 Å². The number of nitrogens with zero attached hydrogens (tertiary/aromatic N) is 2. The maximum Gasteiger partial charge on any atom is 0.203 e. The van der Waals surface area contributed by atoms with E-state index < -0.39 is 0 Å². The van der Waals surface area contributed by atoms with Crippen molar-refractivity contribution in [2.45, 2.75) is 20.0 Å². The van der Waals surface area contributed by atoms with Crippen molar-refractivity contribution in [3.8, 4) is 22.1 Å². The SMILES string of the molecule is COc1ccc(/C=N\Nc2nc(-c3cccs3)cs2)cc1OC(C)C. The minimum Gasteiger partial charge on any atom is -0.493 e. The summed E-state index contributed by atoms with van der Waals surface area (Å²) in [6.45, 7) is 3.96. The molecule has 130 valence electrons. The molecule has 25 heavy (non-hydrogen) atoms. The fourth-order valence-corrected chi connectivity index (χ4v) is 3.56. The summed E-state index contributed by atoms with van der Waals surface area (Å²) in [6.07, 6.45) is 1.81. The first-order valence-electron chi connectivity index (χ1n) is 7.79. The van der Waals surface area contributed by atoms with Crippen molar-refractivity contribution in [2.24, 2.45) is 5.10 Å². The first-order chi connectivity index (χ1) is 12.2. The van der Waals surface area contributed by atoms with Crippen molar-refractivity contribution >= 4 is 34.0 Å². The van der Waals surface area contributed by atoms with Crippen LogP contribution in [0.15, 0.2) is 46.2 Å². The summed E-state index contributed by atoms with van der Waals surface area (Å²) in [6, 6.07) is 9.78. The Hall–Kier alpha value is -2.38. The van der Waals surface area contributed by atoms with Gasteiger partial charge in [-0.2, -0.15) is 5.10 Å². The summed E-state index contributed by atoms with van der Waals surface area (Å²) in [7, 11) is 1.63. The van der Waals surface area contributed by atoms with Crippen LogP contribution >= 0.6 is 22.7 Å². The monoisotopic (exact) mass is 373 g/mol. The second-order valence-electron chi connectivity index (χ2n) is 5.46. The Bertz CT molecular complexity index is 842. The van der Waals surface area contributed by atoms with Crippen LogP contribution in [0, 0.1) is 0 Å². The smallest absolute Gasteiger partial charge is 0.203 e. The summed E-state index contributed by atoms with van der Waals surface area (Å²) in [5.41, 5.74) is 4.86. The average molecular weight is 374 g/mol. The Morgan fingerprint density at radius 3 is 2.80 bits per heavy atom. The molecule has 5 nitrogen and oxygen atoms in total. The highest BCUT2D eigenvalue weighted by atomic mass is 32.1. The molecule has 3 aromatic rings. The second kappa shape index (κ2) is 8.13. The molecule has 0 saturated heterocycles. The maximum atomic E-state index is 5.77. The van der Waals surface area contributed by atoms with Gasteiger partial charge in [-0.05, 0) is 49.1 Å². The molecule has 0 amide bonds. The van der Waals surface area contributed by atoms with E-state index in [1.54, 1.807) is 24.7 Å². The minimum absolute atomic E-state index is 0.0743. The third kappa shape index (κ3) is 4.58. The molecule has 0 saturated carbocycles. The van der Waals surface area contributed by atoms with Gasteiger partial charge in [-0.25, -0.2) is 4.98 Å². The number of benzene rings is 1. The Kier molecular flexibility index (Phi) is 5.67. The van der Waals surface area contributed by atoms with E-state index in [0.717, 1.165) is 21.3 Å². The van der Waals surface area contributed by atoms with Gasteiger partial charge in [0.2, 0.25) is 5.13 Å². The van der Waals surface area contributed by atoms with Gasteiger partial charge >= 0.3 is 0 Å². The van der Waals surface area contributed by atoms with Crippen LogP contribution in [0.2, 0.25) is 0 Å². The average Bonchev–Trinajstić information content (AvgIpc) is 3.26. The number of hydrogen-bond acceptors (Lipinski definition) is 7. The molecule has 1 N–H and O–H groups in total. The quantitative estimate of drug-likeness (QED) is 0.462. The number of anilines is 1. The van der Waals surface area contributed by atoms with Crippen molar-refractivity contribution in [3.63, 3.8) is 0 Å². The maximum absolute atomic E-state index is 5.77. The molecule has 0 radical (unpaired) electrons. The summed E-state index contributed by atoms with van der Waals surface area (Å²) in [5.74, 6) is 1.41. The molecule has 0 unspecified atom stereocenters. The van der Waals surface area contributed by atoms with E-state index in [0.29, 0.717) is 11.5 Å². The summed E-state index contributed by atoms with van der Waals surface area (Å²) in [5, 5.41) is 9.08. The van der Waals surface area contributed by atoms with Crippen molar-refractivity contribution in [2.75, 3.05) is 12.5 Å². The molecule has 0 aliphatic carbocycles. The number of thiophene rings is 1. The number of hydrazone groups is 1. The van der Waals surface area contributed by atoms with Gasteiger partial charge < -0.3 is 9.47 Å². The standard InChI is InChI=1S/C18H19N3O2S2/c1-12(2)23-16-9-13(6-7-15(16)22-3)10-19-21-18-20-14(11-25-18)17-5-4-8-24-17/h4-12H,1-3H3,(H,20,21)/b19-10-. The predicted octanol–water partition coefficient (Wildman–Crippen LogP) is 5.11. The highest BCUT2D eigenvalue weighted by Crippen LogP contribution is 2.29. The van der Waals surface area contributed by atoms with E-state index in [9.17, 15) is 0 Å². The Morgan fingerprint density at radius 2 is 2.08 bits per heavy atom. The Morgan fingerprint density at radius 1 is 1.20 bits per heavy atom. The van der Waals surface area contributed by atoms with Gasteiger partial charge in [0, 0.05) is 5.38 Å². The van der Waals surface area contributed by atoms with Crippen LogP contribution in [0.4, 0.5) is 5.13 Å². The molecule has 0 bridgehead atoms. The minimum atomic E-state index is 0.0743. The highest BCUT2D eigenvalue weighted by molar-refractivity contribution is 7.15. The van der Waals surface area contributed by atoms with E-state index in [1.165, 1.54) is 11.3 Å². The predicted molar refractivity (Wildman–Crippen MR) is 105 cm³/mol. The Balaban J connectivity index is 1.68. The van der Waals surface area contributed by atoms with Gasteiger partial charge in [-0.1, -0.05) is 6.07 Å². The number of nitrogens with one attached hydrogen (secondary N) is 1. The fraction of sp³-hybridized carbons (Fsp3) is 0.222. The molecule has 7 heteroatoms. The largest absolute Gasteiger partial charge is 0.493 e. The van der Waals surface area contributed by atoms with Crippen LogP contribution in [0.5, 0.6) is 11.5 Å². The van der Waals surface area contributed by atoms with Gasteiger partial charge in [0.1, 0.15) is 0 Å². The number of rotatable bonds is 7. The molecule has 0 atom stereocenters. The van der Waals surface area contributed by atoms with Crippen LogP contribution in [0.25, 0.3) is 10.6 Å². The molecule has 2 heterocycles. The van der Waals surface area contributed by atoms with Gasteiger partial charge in [0.05, 0.1) is 30.0 Å². The number of ether oxygens (including phenoxy) is 2. The summed E-state index contributed by atoms with van der Waals surface area (Å²) < 4.78 is 11.1. The van der Waals surface area contributed by atoms with E-state index in [1.807, 2.05) is 48.9 Å². The molecule has 0 aliphatic heterocycles. The van der Waals surface area contributed by atoms with Crippen LogP contribution < -0.4 is 14.9 Å². The van der Waals surface area contributed by atoms with E-state index in [2.05, 4.69) is 21.6 Å². The lowest BCUT2D eigenvalue weighted by Gasteiger charge is -2.13. The van der Waals surface area contributed by atoms with Gasteiger partial charge in [-0.3, -0.25) is 5.43 Å². The van der Waals surface area contributed by atoms with Gasteiger partial charge in [-0.15, -0.1) is 22.7 Å².